The normalized spacial score (nSPS) is 13.5. The van der Waals surface area contributed by atoms with E-state index in [2.05, 4.69) is 15.3 Å². The summed E-state index contributed by atoms with van der Waals surface area (Å²) in [6, 6.07) is 5.04. The molecule has 0 unspecified atom stereocenters. The SMILES string of the molecule is COc1ccc(Cl)cc1NC(=O)CN(C)Cc1nc2sc3c(c2c(=O)[nH]1)CCCC3. The third kappa shape index (κ3) is 4.35. The number of fused-ring (bicyclic) bond motifs is 3. The molecule has 0 aliphatic heterocycles. The number of aromatic nitrogens is 2. The van der Waals surface area contributed by atoms with Gasteiger partial charge in [-0.25, -0.2) is 4.98 Å². The van der Waals surface area contributed by atoms with Gasteiger partial charge in [-0.05, 0) is 56.5 Å². The molecule has 0 radical (unpaired) electrons. The van der Waals surface area contributed by atoms with Crippen LogP contribution in [0.15, 0.2) is 23.0 Å². The van der Waals surface area contributed by atoms with Crippen molar-refractivity contribution in [1.82, 2.24) is 14.9 Å². The number of halogens is 1. The summed E-state index contributed by atoms with van der Waals surface area (Å²) in [6.07, 6.45) is 4.26. The minimum absolute atomic E-state index is 0.0871. The molecule has 4 rings (SSSR count). The van der Waals surface area contributed by atoms with Gasteiger partial charge in [-0.15, -0.1) is 11.3 Å². The van der Waals surface area contributed by atoms with Crippen molar-refractivity contribution in [3.63, 3.8) is 0 Å². The first-order valence-electron chi connectivity index (χ1n) is 9.80. The third-order valence-electron chi connectivity index (χ3n) is 5.14. The fourth-order valence-electron chi connectivity index (χ4n) is 3.81. The molecule has 9 heteroatoms. The molecule has 2 heterocycles. The Bertz CT molecular complexity index is 1160. The van der Waals surface area contributed by atoms with Crippen LogP contribution in [0.1, 0.15) is 29.1 Å². The van der Waals surface area contributed by atoms with E-state index in [1.165, 1.54) is 24.0 Å². The van der Waals surface area contributed by atoms with Crippen LogP contribution in [0, 0.1) is 0 Å². The number of anilines is 1. The summed E-state index contributed by atoms with van der Waals surface area (Å²) < 4.78 is 5.25. The summed E-state index contributed by atoms with van der Waals surface area (Å²) >= 11 is 7.63. The van der Waals surface area contributed by atoms with E-state index in [9.17, 15) is 9.59 Å². The lowest BCUT2D eigenvalue weighted by atomic mass is 9.97. The number of hydrogen-bond donors (Lipinski definition) is 2. The molecule has 0 fully saturated rings. The van der Waals surface area contributed by atoms with Gasteiger partial charge in [-0.3, -0.25) is 14.5 Å². The molecule has 0 saturated carbocycles. The van der Waals surface area contributed by atoms with Crippen LogP contribution in [-0.2, 0) is 24.2 Å². The number of nitrogens with one attached hydrogen (secondary N) is 2. The molecule has 158 valence electrons. The fourth-order valence-corrected chi connectivity index (χ4v) is 5.26. The Morgan fingerprint density at radius 2 is 2.17 bits per heavy atom. The average Bonchev–Trinajstić information content (AvgIpc) is 3.06. The first-order valence-corrected chi connectivity index (χ1v) is 11.0. The average molecular weight is 447 g/mol. The van der Waals surface area contributed by atoms with Crippen LogP contribution in [0.3, 0.4) is 0 Å². The van der Waals surface area contributed by atoms with Gasteiger partial charge in [0, 0.05) is 9.90 Å². The molecule has 1 aliphatic rings. The van der Waals surface area contributed by atoms with Crippen molar-refractivity contribution >= 4 is 44.7 Å². The van der Waals surface area contributed by atoms with Crippen molar-refractivity contribution in [1.29, 1.82) is 0 Å². The maximum Gasteiger partial charge on any atom is 0.259 e. The predicted octanol–water partition coefficient (Wildman–Crippen LogP) is 3.60. The largest absolute Gasteiger partial charge is 0.495 e. The third-order valence-corrected chi connectivity index (χ3v) is 6.56. The molecule has 2 N–H and O–H groups in total. The number of aromatic amines is 1. The highest BCUT2D eigenvalue weighted by atomic mass is 35.5. The highest BCUT2D eigenvalue weighted by Crippen LogP contribution is 2.33. The summed E-state index contributed by atoms with van der Waals surface area (Å²) in [5.41, 5.74) is 1.60. The number of methoxy groups -OCH3 is 1. The first-order chi connectivity index (χ1) is 14.4. The number of aryl methyl sites for hydroxylation is 2. The quantitative estimate of drug-likeness (QED) is 0.604. The zero-order valence-corrected chi connectivity index (χ0v) is 18.5. The Morgan fingerprint density at radius 3 is 2.97 bits per heavy atom. The number of benzene rings is 1. The van der Waals surface area contributed by atoms with Gasteiger partial charge < -0.3 is 15.0 Å². The molecule has 3 aromatic rings. The maximum absolute atomic E-state index is 12.7. The monoisotopic (exact) mass is 446 g/mol. The number of carbonyl (C=O) groups excluding carboxylic acids is 1. The fraction of sp³-hybridized carbons (Fsp3) is 0.381. The van der Waals surface area contributed by atoms with Crippen LogP contribution >= 0.6 is 22.9 Å². The Balaban J connectivity index is 1.45. The zero-order valence-electron chi connectivity index (χ0n) is 16.9. The standard InChI is InChI=1S/C21H23ClN4O3S/c1-26(11-18(27)23-14-9-12(22)7-8-15(14)29-2)10-17-24-20(28)19-13-5-3-4-6-16(13)30-21(19)25-17/h7-9H,3-6,10-11H2,1-2H3,(H,23,27)(H,24,25,28). The van der Waals surface area contributed by atoms with Gasteiger partial charge >= 0.3 is 0 Å². The Hall–Kier alpha value is -2.42. The molecule has 1 aliphatic carbocycles. The molecule has 2 aromatic heterocycles. The van der Waals surface area contributed by atoms with Crippen molar-refractivity contribution in [3.05, 3.63) is 49.8 Å². The molecule has 30 heavy (non-hydrogen) atoms. The van der Waals surface area contributed by atoms with Crippen LogP contribution < -0.4 is 15.6 Å². The highest BCUT2D eigenvalue weighted by molar-refractivity contribution is 7.18. The van der Waals surface area contributed by atoms with E-state index in [0.29, 0.717) is 28.8 Å². The summed E-state index contributed by atoms with van der Waals surface area (Å²) in [4.78, 5) is 36.6. The second-order valence-corrected chi connectivity index (χ2v) is 8.99. The van der Waals surface area contributed by atoms with Gasteiger partial charge in [0.25, 0.3) is 5.56 Å². The van der Waals surface area contributed by atoms with Crippen molar-refractivity contribution < 1.29 is 9.53 Å². The van der Waals surface area contributed by atoms with Crippen LogP contribution in [-0.4, -0.2) is 41.5 Å². The number of likely N-dealkylation sites (N-methyl/N-ethyl adjacent to an activating group) is 1. The van der Waals surface area contributed by atoms with Crippen molar-refractivity contribution in [3.8, 4) is 5.75 Å². The number of rotatable bonds is 6. The summed E-state index contributed by atoms with van der Waals surface area (Å²) in [7, 11) is 3.34. The van der Waals surface area contributed by atoms with Crippen LogP contribution in [0.5, 0.6) is 5.75 Å². The Morgan fingerprint density at radius 1 is 1.37 bits per heavy atom. The van der Waals surface area contributed by atoms with E-state index >= 15 is 0 Å². The van der Waals surface area contributed by atoms with Crippen LogP contribution in [0.25, 0.3) is 10.2 Å². The zero-order chi connectivity index (χ0) is 21.3. The van der Waals surface area contributed by atoms with E-state index in [-0.39, 0.29) is 18.0 Å². The lowest BCUT2D eigenvalue weighted by molar-refractivity contribution is -0.117. The molecule has 1 amide bonds. The molecule has 0 atom stereocenters. The number of ether oxygens (including phenoxy) is 1. The van der Waals surface area contributed by atoms with Gasteiger partial charge in [-0.1, -0.05) is 11.6 Å². The van der Waals surface area contributed by atoms with E-state index in [1.807, 2.05) is 0 Å². The van der Waals surface area contributed by atoms with Gasteiger partial charge in [-0.2, -0.15) is 0 Å². The number of carbonyl (C=O) groups is 1. The van der Waals surface area contributed by atoms with Crippen LogP contribution in [0.2, 0.25) is 5.02 Å². The Labute approximate surface area is 183 Å². The minimum Gasteiger partial charge on any atom is -0.495 e. The summed E-state index contributed by atoms with van der Waals surface area (Å²) in [6.45, 7) is 0.478. The first kappa shape index (κ1) is 20.8. The minimum atomic E-state index is -0.215. The van der Waals surface area contributed by atoms with Gasteiger partial charge in [0.2, 0.25) is 5.91 Å². The van der Waals surface area contributed by atoms with Crippen molar-refractivity contribution in [2.45, 2.75) is 32.2 Å². The molecule has 0 spiro atoms. The number of hydrogen-bond acceptors (Lipinski definition) is 6. The molecule has 1 aromatic carbocycles. The second kappa shape index (κ2) is 8.75. The van der Waals surface area contributed by atoms with Crippen molar-refractivity contribution in [2.24, 2.45) is 0 Å². The number of nitrogens with zero attached hydrogens (tertiary/aromatic N) is 2. The second-order valence-electron chi connectivity index (χ2n) is 7.47. The molecule has 0 bridgehead atoms. The van der Waals surface area contributed by atoms with E-state index in [4.69, 9.17) is 16.3 Å². The summed E-state index contributed by atoms with van der Waals surface area (Å²) in [5.74, 6) is 0.878. The summed E-state index contributed by atoms with van der Waals surface area (Å²) in [5, 5.41) is 4.06. The van der Waals surface area contributed by atoms with E-state index < -0.39 is 0 Å². The smallest absolute Gasteiger partial charge is 0.259 e. The van der Waals surface area contributed by atoms with Crippen LogP contribution in [0.4, 0.5) is 5.69 Å². The lowest BCUT2D eigenvalue weighted by Gasteiger charge is -2.16. The molecule has 7 nitrogen and oxygen atoms in total. The van der Waals surface area contributed by atoms with Gasteiger partial charge in [0.15, 0.2) is 0 Å². The lowest BCUT2D eigenvalue weighted by Crippen LogP contribution is -2.31. The van der Waals surface area contributed by atoms with E-state index in [0.717, 1.165) is 29.5 Å². The number of thiophene rings is 1. The topological polar surface area (TPSA) is 87.3 Å². The molecular weight excluding hydrogens is 424 g/mol. The van der Waals surface area contributed by atoms with Crippen molar-refractivity contribution in [2.75, 3.05) is 26.0 Å². The number of amides is 1. The van der Waals surface area contributed by atoms with E-state index in [1.54, 1.807) is 41.5 Å². The molecule has 0 saturated heterocycles. The molecular formula is C21H23ClN4O3S. The Kier molecular flexibility index (Phi) is 6.08. The predicted molar refractivity (Wildman–Crippen MR) is 120 cm³/mol. The maximum atomic E-state index is 12.7. The number of H-pyrrole nitrogens is 1. The van der Waals surface area contributed by atoms with Gasteiger partial charge in [0.1, 0.15) is 16.4 Å². The highest BCUT2D eigenvalue weighted by Gasteiger charge is 2.20. The van der Waals surface area contributed by atoms with Gasteiger partial charge in [0.05, 0.1) is 31.3 Å².